The lowest BCUT2D eigenvalue weighted by molar-refractivity contribution is -0.331. The van der Waals surface area contributed by atoms with E-state index in [1.807, 2.05) is 0 Å². The van der Waals surface area contributed by atoms with Gasteiger partial charge in [-0.05, 0) is 33.4 Å². The van der Waals surface area contributed by atoms with Gasteiger partial charge in [-0.2, -0.15) is 0 Å². The summed E-state index contributed by atoms with van der Waals surface area (Å²) < 4.78 is 23.2. The maximum atomic E-state index is 12.8. The van der Waals surface area contributed by atoms with Crippen molar-refractivity contribution in [2.75, 3.05) is 39.8 Å². The van der Waals surface area contributed by atoms with Crippen LogP contribution < -0.4 is 33.2 Å². The molecular formula is C27H54N6O14. The van der Waals surface area contributed by atoms with Gasteiger partial charge in [-0.1, -0.05) is 0 Å². The number of amides is 1. The molecule has 0 spiro atoms. The Balaban J connectivity index is 1.81. The molecular weight excluding hydrogens is 632 g/mol. The molecule has 17 atom stereocenters. The minimum absolute atomic E-state index is 0.0736. The first-order valence-corrected chi connectivity index (χ1v) is 15.7. The average Bonchev–Trinajstić information content (AvgIpc) is 3.02. The van der Waals surface area contributed by atoms with Crippen LogP contribution in [-0.4, -0.2) is 195 Å². The summed E-state index contributed by atoms with van der Waals surface area (Å²) in [6.07, 6.45) is -19.6. The number of nitrogens with two attached hydrogens (primary N) is 3. The summed E-state index contributed by atoms with van der Waals surface area (Å²) in [5, 5.41) is 103. The SMILES string of the molecule is CN[C@@H]1[C@@H](O)[C@@H](O[C@H]2[C@H](NC(=O)C(O)C(O)CN)C[C@H](N)C(O[C@H]3O[C@H](CNCC(O)CCN)[C@@H](O)[C@H](O)[C@H]3O)[C@@H]2O)OC[C@]1(C)O. The zero-order chi connectivity index (χ0) is 35.2. The average molecular weight is 687 g/mol. The molecule has 3 fully saturated rings. The molecule has 2 saturated heterocycles. The predicted octanol–water partition coefficient (Wildman–Crippen LogP) is -8.82. The van der Waals surface area contributed by atoms with Gasteiger partial charge in [-0.3, -0.25) is 4.79 Å². The number of likely N-dealkylation sites (N-methyl/N-ethyl adjacent to an activating group) is 1. The Hall–Kier alpha value is -1.25. The summed E-state index contributed by atoms with van der Waals surface area (Å²) in [7, 11) is 1.50. The molecule has 0 aromatic carbocycles. The molecule has 0 bridgehead atoms. The quantitative estimate of drug-likeness (QED) is 0.0760. The highest BCUT2D eigenvalue weighted by Crippen LogP contribution is 2.32. The normalized spacial score (nSPS) is 43.2. The van der Waals surface area contributed by atoms with Crippen LogP contribution in [0.1, 0.15) is 19.8 Å². The fourth-order valence-corrected chi connectivity index (χ4v) is 6.07. The highest BCUT2D eigenvalue weighted by Gasteiger charge is 2.53. The number of carbonyl (C=O) groups excluding carboxylic acids is 1. The van der Waals surface area contributed by atoms with E-state index in [1.165, 1.54) is 14.0 Å². The van der Waals surface area contributed by atoms with E-state index in [-0.39, 0.29) is 32.7 Å². The van der Waals surface area contributed by atoms with Crippen molar-refractivity contribution in [3.63, 3.8) is 0 Å². The largest absolute Gasteiger partial charge is 0.392 e. The van der Waals surface area contributed by atoms with Crippen molar-refractivity contribution in [1.29, 1.82) is 0 Å². The number of rotatable bonds is 15. The van der Waals surface area contributed by atoms with Gasteiger partial charge in [0.25, 0.3) is 5.91 Å². The van der Waals surface area contributed by atoms with Crippen LogP contribution in [0.3, 0.4) is 0 Å². The molecule has 2 aliphatic heterocycles. The minimum Gasteiger partial charge on any atom is -0.392 e. The smallest absolute Gasteiger partial charge is 0.251 e. The van der Waals surface area contributed by atoms with Crippen LogP contribution in [0.5, 0.6) is 0 Å². The Morgan fingerprint density at radius 1 is 0.979 bits per heavy atom. The molecule has 0 aromatic rings. The highest BCUT2D eigenvalue weighted by atomic mass is 16.7. The Labute approximate surface area is 272 Å². The van der Waals surface area contributed by atoms with Gasteiger partial charge in [0.05, 0.1) is 24.8 Å². The van der Waals surface area contributed by atoms with Gasteiger partial charge in [-0.15, -0.1) is 0 Å². The van der Waals surface area contributed by atoms with E-state index in [0.717, 1.165) is 0 Å². The molecule has 1 saturated carbocycles. The van der Waals surface area contributed by atoms with Crippen LogP contribution in [0.4, 0.5) is 0 Å². The van der Waals surface area contributed by atoms with Crippen molar-refractivity contribution >= 4 is 5.91 Å². The van der Waals surface area contributed by atoms with Crippen molar-refractivity contribution in [2.45, 2.75) is 123 Å². The Morgan fingerprint density at radius 2 is 1.64 bits per heavy atom. The molecule has 3 aliphatic rings. The molecule has 20 heteroatoms. The highest BCUT2D eigenvalue weighted by molar-refractivity contribution is 5.81. The molecule has 1 amide bonds. The first-order chi connectivity index (χ1) is 22.1. The molecule has 3 rings (SSSR count). The van der Waals surface area contributed by atoms with E-state index in [0.29, 0.717) is 6.42 Å². The second-order valence-electron chi connectivity index (χ2n) is 12.7. The van der Waals surface area contributed by atoms with Crippen molar-refractivity contribution in [1.82, 2.24) is 16.0 Å². The second kappa shape index (κ2) is 17.6. The lowest BCUT2D eigenvalue weighted by Crippen LogP contribution is -2.70. The number of aliphatic hydroxyl groups is 9. The lowest BCUT2D eigenvalue weighted by atomic mass is 9.83. The zero-order valence-corrected chi connectivity index (χ0v) is 26.5. The third-order valence-corrected chi connectivity index (χ3v) is 8.84. The minimum atomic E-state index is -1.94. The van der Waals surface area contributed by atoms with E-state index in [1.54, 1.807) is 0 Å². The fourth-order valence-electron chi connectivity index (χ4n) is 6.07. The summed E-state index contributed by atoms with van der Waals surface area (Å²) in [6, 6.07) is -3.20. The lowest BCUT2D eigenvalue weighted by Gasteiger charge is -2.49. The first kappa shape index (κ1) is 40.2. The van der Waals surface area contributed by atoms with Gasteiger partial charge in [0.2, 0.25) is 0 Å². The van der Waals surface area contributed by atoms with E-state index < -0.39 is 116 Å². The van der Waals surface area contributed by atoms with Crippen LogP contribution in [-0.2, 0) is 23.7 Å². The predicted molar refractivity (Wildman–Crippen MR) is 160 cm³/mol. The van der Waals surface area contributed by atoms with Crippen LogP contribution >= 0.6 is 0 Å². The number of ether oxygens (including phenoxy) is 4. The van der Waals surface area contributed by atoms with Gasteiger partial charge < -0.3 is 98.1 Å². The molecule has 0 aromatic heterocycles. The van der Waals surface area contributed by atoms with Gasteiger partial charge in [0, 0.05) is 25.7 Å². The van der Waals surface area contributed by atoms with Crippen LogP contribution in [0.25, 0.3) is 0 Å². The number of aliphatic hydroxyl groups excluding tert-OH is 8. The van der Waals surface area contributed by atoms with Crippen molar-refractivity contribution in [3.05, 3.63) is 0 Å². The molecule has 18 N–H and O–H groups in total. The Morgan fingerprint density at radius 3 is 2.26 bits per heavy atom. The Bertz CT molecular complexity index is 975. The molecule has 2 heterocycles. The van der Waals surface area contributed by atoms with Gasteiger partial charge in [0.15, 0.2) is 18.7 Å². The monoisotopic (exact) mass is 686 g/mol. The van der Waals surface area contributed by atoms with Crippen molar-refractivity contribution < 1.29 is 69.7 Å². The molecule has 20 nitrogen and oxygen atoms in total. The van der Waals surface area contributed by atoms with E-state index in [4.69, 9.17) is 36.1 Å². The van der Waals surface area contributed by atoms with E-state index in [2.05, 4.69) is 16.0 Å². The zero-order valence-electron chi connectivity index (χ0n) is 26.5. The van der Waals surface area contributed by atoms with Crippen LogP contribution in [0.15, 0.2) is 0 Å². The summed E-state index contributed by atoms with van der Waals surface area (Å²) in [5.74, 6) is -1.06. The van der Waals surface area contributed by atoms with Gasteiger partial charge >= 0.3 is 0 Å². The van der Waals surface area contributed by atoms with Crippen molar-refractivity contribution in [3.8, 4) is 0 Å². The van der Waals surface area contributed by atoms with Crippen molar-refractivity contribution in [2.24, 2.45) is 17.2 Å². The van der Waals surface area contributed by atoms with E-state index >= 15 is 0 Å². The first-order valence-electron chi connectivity index (χ1n) is 15.7. The van der Waals surface area contributed by atoms with E-state index in [9.17, 15) is 50.8 Å². The third-order valence-electron chi connectivity index (χ3n) is 8.84. The number of carbonyl (C=O) groups is 1. The molecule has 276 valence electrons. The van der Waals surface area contributed by atoms with Crippen LogP contribution in [0.2, 0.25) is 0 Å². The summed E-state index contributed by atoms with van der Waals surface area (Å²) in [6.45, 7) is 0.995. The van der Waals surface area contributed by atoms with Gasteiger partial charge in [-0.25, -0.2) is 0 Å². The summed E-state index contributed by atoms with van der Waals surface area (Å²) in [5.41, 5.74) is 15.6. The van der Waals surface area contributed by atoms with Gasteiger partial charge in [0.1, 0.15) is 60.5 Å². The third kappa shape index (κ3) is 9.72. The molecule has 1 aliphatic carbocycles. The number of hydrogen-bond donors (Lipinski definition) is 15. The standard InChI is InChI=1S/C27H54N6O14/c1-27(43)9-44-25(20(41)23(27)31-2)47-22-12(33-24(42)15(36)13(35)6-29)5-11(30)21(19(22)40)46-26-18(39)17(38)16(37)14(45-26)8-32-7-10(34)3-4-28/h10-23,25-26,31-32,34-41,43H,3-9,28-30H2,1-2H3,(H,33,42)/t10?,11-,12+,13?,14+,15?,16+,17-,18+,19-,20+,21?,22-,23+,25+,26+,27-/m0/s1. The molecule has 47 heavy (non-hydrogen) atoms. The maximum absolute atomic E-state index is 12.8. The topological polar surface area (TPSA) is 350 Å². The number of hydrogen-bond acceptors (Lipinski definition) is 19. The van der Waals surface area contributed by atoms with Crippen LogP contribution in [0, 0.1) is 0 Å². The maximum Gasteiger partial charge on any atom is 0.251 e. The second-order valence-corrected chi connectivity index (χ2v) is 12.7. The summed E-state index contributed by atoms with van der Waals surface area (Å²) >= 11 is 0. The Kier molecular flexibility index (Phi) is 15.1. The summed E-state index contributed by atoms with van der Waals surface area (Å²) in [4.78, 5) is 12.8. The number of nitrogens with one attached hydrogen (secondary N) is 3. The fraction of sp³-hybridized carbons (Fsp3) is 0.963. The molecule has 0 radical (unpaired) electrons. The molecule has 4 unspecified atom stereocenters.